The van der Waals surface area contributed by atoms with Crippen LogP contribution >= 0.6 is 0 Å². The minimum absolute atomic E-state index is 0.0903. The maximum Gasteiger partial charge on any atom is 0.221 e. The molecule has 5 nitrogen and oxygen atoms in total. The third-order valence-corrected chi connectivity index (χ3v) is 2.78. The fourth-order valence-corrected chi connectivity index (χ4v) is 1.71. The Labute approximate surface area is 90.4 Å². The van der Waals surface area contributed by atoms with Crippen LogP contribution in [0.5, 0.6) is 0 Å². The van der Waals surface area contributed by atoms with Gasteiger partial charge in [-0.25, -0.2) is 0 Å². The normalized spacial score (nSPS) is 20.8. The second-order valence-electron chi connectivity index (χ2n) is 4.04. The summed E-state index contributed by atoms with van der Waals surface area (Å²) in [7, 11) is 0. The van der Waals surface area contributed by atoms with Crippen molar-refractivity contribution >= 4 is 5.91 Å². The number of nitrogens with zero attached hydrogens (tertiary/aromatic N) is 3. The topological polar surface area (TPSA) is 73.4 Å². The SMILES string of the molecule is CC(CN1CCN(CC#N)CC1)C(N)=O. The Balaban J connectivity index is 2.26. The van der Waals surface area contributed by atoms with E-state index in [4.69, 9.17) is 11.0 Å². The highest BCUT2D eigenvalue weighted by atomic mass is 16.1. The van der Waals surface area contributed by atoms with Gasteiger partial charge in [-0.2, -0.15) is 5.26 Å². The lowest BCUT2D eigenvalue weighted by Gasteiger charge is -2.34. The largest absolute Gasteiger partial charge is 0.369 e. The van der Waals surface area contributed by atoms with Gasteiger partial charge in [-0.3, -0.25) is 9.69 Å². The Morgan fingerprint density at radius 2 is 1.93 bits per heavy atom. The van der Waals surface area contributed by atoms with E-state index in [9.17, 15) is 4.79 Å². The van der Waals surface area contributed by atoms with Gasteiger partial charge in [0.15, 0.2) is 0 Å². The Hall–Kier alpha value is -1.12. The van der Waals surface area contributed by atoms with E-state index >= 15 is 0 Å². The molecule has 0 aromatic rings. The first-order chi connectivity index (χ1) is 7.13. The first-order valence-electron chi connectivity index (χ1n) is 5.24. The molecule has 1 saturated heterocycles. The average molecular weight is 210 g/mol. The number of primary amides is 1. The maximum absolute atomic E-state index is 10.9. The molecule has 0 spiro atoms. The Kier molecular flexibility index (Phi) is 4.53. The van der Waals surface area contributed by atoms with Gasteiger partial charge in [-0.15, -0.1) is 0 Å². The second kappa shape index (κ2) is 5.69. The number of carbonyl (C=O) groups excluding carboxylic acids is 1. The molecule has 0 bridgehead atoms. The number of rotatable bonds is 4. The van der Waals surface area contributed by atoms with Crippen LogP contribution in [0.2, 0.25) is 0 Å². The summed E-state index contributed by atoms with van der Waals surface area (Å²) >= 11 is 0. The molecule has 1 unspecified atom stereocenters. The highest BCUT2D eigenvalue weighted by Crippen LogP contribution is 2.04. The molecule has 1 rings (SSSR count). The van der Waals surface area contributed by atoms with Crippen LogP contribution < -0.4 is 5.73 Å². The summed E-state index contributed by atoms with van der Waals surface area (Å²) in [6.07, 6.45) is 0. The molecule has 0 saturated carbocycles. The van der Waals surface area contributed by atoms with E-state index in [0.717, 1.165) is 32.7 Å². The summed E-state index contributed by atoms with van der Waals surface area (Å²) in [4.78, 5) is 15.2. The van der Waals surface area contributed by atoms with E-state index in [1.165, 1.54) is 0 Å². The summed E-state index contributed by atoms with van der Waals surface area (Å²) in [6.45, 7) is 6.72. The van der Waals surface area contributed by atoms with Crippen molar-refractivity contribution in [2.24, 2.45) is 11.7 Å². The van der Waals surface area contributed by atoms with Gasteiger partial charge < -0.3 is 10.6 Å². The van der Waals surface area contributed by atoms with Crippen LogP contribution in [-0.2, 0) is 4.79 Å². The number of carbonyl (C=O) groups is 1. The summed E-state index contributed by atoms with van der Waals surface area (Å²) in [5.74, 6) is -0.332. The molecule has 5 heteroatoms. The number of hydrogen-bond acceptors (Lipinski definition) is 4. The van der Waals surface area contributed by atoms with Gasteiger partial charge in [0.25, 0.3) is 0 Å². The first kappa shape index (κ1) is 12.0. The Morgan fingerprint density at radius 3 is 2.40 bits per heavy atom. The molecule has 1 aliphatic heterocycles. The van der Waals surface area contributed by atoms with E-state index in [1.807, 2.05) is 6.92 Å². The van der Waals surface area contributed by atoms with Gasteiger partial charge in [0.1, 0.15) is 0 Å². The van der Waals surface area contributed by atoms with Gasteiger partial charge in [-0.1, -0.05) is 6.92 Å². The van der Waals surface area contributed by atoms with Crippen LogP contribution in [0.25, 0.3) is 0 Å². The van der Waals surface area contributed by atoms with E-state index in [-0.39, 0.29) is 11.8 Å². The second-order valence-corrected chi connectivity index (χ2v) is 4.04. The predicted octanol–water partition coefficient (Wildman–Crippen LogP) is -0.751. The molecule has 1 amide bonds. The van der Waals surface area contributed by atoms with Crippen molar-refractivity contribution in [3.63, 3.8) is 0 Å². The zero-order valence-corrected chi connectivity index (χ0v) is 9.15. The molecular formula is C10H18N4O. The van der Waals surface area contributed by atoms with E-state index < -0.39 is 0 Å². The third-order valence-electron chi connectivity index (χ3n) is 2.78. The number of hydrogen-bond donors (Lipinski definition) is 1. The van der Waals surface area contributed by atoms with Crippen molar-refractivity contribution in [3.05, 3.63) is 0 Å². The monoisotopic (exact) mass is 210 g/mol. The minimum Gasteiger partial charge on any atom is -0.369 e. The van der Waals surface area contributed by atoms with Crippen molar-refractivity contribution in [2.75, 3.05) is 39.3 Å². The summed E-state index contributed by atoms with van der Waals surface area (Å²) < 4.78 is 0. The van der Waals surface area contributed by atoms with Crippen LogP contribution in [0.1, 0.15) is 6.92 Å². The number of nitriles is 1. The highest BCUT2D eigenvalue weighted by Gasteiger charge is 2.19. The van der Waals surface area contributed by atoms with Gasteiger partial charge >= 0.3 is 0 Å². The van der Waals surface area contributed by atoms with Gasteiger partial charge in [0, 0.05) is 38.6 Å². The zero-order chi connectivity index (χ0) is 11.3. The molecule has 2 N–H and O–H groups in total. The smallest absolute Gasteiger partial charge is 0.221 e. The summed E-state index contributed by atoms with van der Waals surface area (Å²) in [5.41, 5.74) is 5.21. The molecule has 15 heavy (non-hydrogen) atoms. The lowest BCUT2D eigenvalue weighted by atomic mass is 10.1. The Bertz CT molecular complexity index is 253. The number of nitrogens with two attached hydrogens (primary N) is 1. The van der Waals surface area contributed by atoms with Gasteiger partial charge in [0.05, 0.1) is 12.6 Å². The minimum atomic E-state index is -0.241. The molecule has 0 aromatic heterocycles. The maximum atomic E-state index is 10.9. The molecular weight excluding hydrogens is 192 g/mol. The molecule has 1 aliphatic rings. The first-order valence-corrected chi connectivity index (χ1v) is 5.24. The van der Waals surface area contributed by atoms with Gasteiger partial charge in [-0.05, 0) is 0 Å². The van der Waals surface area contributed by atoms with Gasteiger partial charge in [0.2, 0.25) is 5.91 Å². The molecule has 1 atom stereocenters. The van der Waals surface area contributed by atoms with Crippen molar-refractivity contribution in [1.82, 2.24) is 9.80 Å². The average Bonchev–Trinajstić information content (AvgIpc) is 2.21. The predicted molar refractivity (Wildman–Crippen MR) is 56.9 cm³/mol. The quantitative estimate of drug-likeness (QED) is 0.620. The molecule has 1 fully saturated rings. The number of amides is 1. The third kappa shape index (κ3) is 3.86. The van der Waals surface area contributed by atoms with Crippen molar-refractivity contribution in [1.29, 1.82) is 5.26 Å². The van der Waals surface area contributed by atoms with Crippen LogP contribution in [0.4, 0.5) is 0 Å². The lowest BCUT2D eigenvalue weighted by molar-refractivity contribution is -0.122. The fourth-order valence-electron chi connectivity index (χ4n) is 1.71. The number of piperazine rings is 1. The van der Waals surface area contributed by atoms with Crippen molar-refractivity contribution in [2.45, 2.75) is 6.92 Å². The van der Waals surface area contributed by atoms with Crippen molar-refractivity contribution in [3.8, 4) is 6.07 Å². The van der Waals surface area contributed by atoms with E-state index in [1.54, 1.807) is 0 Å². The van der Waals surface area contributed by atoms with E-state index in [2.05, 4.69) is 15.9 Å². The summed E-state index contributed by atoms with van der Waals surface area (Å²) in [6, 6.07) is 2.14. The molecule has 0 aromatic carbocycles. The standard InChI is InChI=1S/C10H18N4O/c1-9(10(12)15)8-14-6-4-13(3-2-11)5-7-14/h9H,3-8H2,1H3,(H2,12,15). The molecule has 0 aliphatic carbocycles. The van der Waals surface area contributed by atoms with Crippen LogP contribution in [0.3, 0.4) is 0 Å². The molecule has 84 valence electrons. The molecule has 1 heterocycles. The van der Waals surface area contributed by atoms with E-state index in [0.29, 0.717) is 6.54 Å². The lowest BCUT2D eigenvalue weighted by Crippen LogP contribution is -2.48. The highest BCUT2D eigenvalue weighted by molar-refractivity contribution is 5.76. The van der Waals surface area contributed by atoms with Crippen LogP contribution in [-0.4, -0.2) is 55.0 Å². The summed E-state index contributed by atoms with van der Waals surface area (Å²) in [5, 5.41) is 8.54. The Morgan fingerprint density at radius 1 is 1.40 bits per heavy atom. The zero-order valence-electron chi connectivity index (χ0n) is 9.15. The fraction of sp³-hybridized carbons (Fsp3) is 0.800. The van der Waals surface area contributed by atoms with Crippen LogP contribution in [0.15, 0.2) is 0 Å². The molecule has 0 radical (unpaired) electrons. The van der Waals surface area contributed by atoms with Crippen molar-refractivity contribution < 1.29 is 4.79 Å². The van der Waals surface area contributed by atoms with Crippen LogP contribution in [0, 0.1) is 17.2 Å².